The van der Waals surface area contributed by atoms with E-state index in [4.69, 9.17) is 14.2 Å². The fraction of sp³-hybridized carbons (Fsp3) is 0.200. The van der Waals surface area contributed by atoms with Gasteiger partial charge in [0.15, 0.2) is 6.61 Å². The second kappa shape index (κ2) is 10.3. The monoisotopic (exact) mass is 387 g/mol. The summed E-state index contributed by atoms with van der Waals surface area (Å²) < 4.78 is 15.4. The summed E-state index contributed by atoms with van der Waals surface area (Å²) >= 11 is 1.52. The molecule has 0 aliphatic rings. The molecule has 0 saturated carbocycles. The molecule has 2 rings (SSSR count). The molecule has 1 amide bonds. The summed E-state index contributed by atoms with van der Waals surface area (Å²) in [6.07, 6.45) is 4.70. The zero-order valence-electron chi connectivity index (χ0n) is 15.4. The van der Waals surface area contributed by atoms with Crippen molar-refractivity contribution in [1.82, 2.24) is 0 Å². The molecule has 0 spiro atoms. The van der Waals surface area contributed by atoms with Crippen molar-refractivity contribution in [3.8, 4) is 11.5 Å². The summed E-state index contributed by atoms with van der Waals surface area (Å²) in [6.45, 7) is -0.374. The molecule has 1 N–H and O–H groups in total. The van der Waals surface area contributed by atoms with E-state index in [2.05, 4.69) is 5.32 Å². The molecule has 0 aromatic heterocycles. The molecule has 142 valence electrons. The Labute approximate surface area is 162 Å². The van der Waals surface area contributed by atoms with Crippen molar-refractivity contribution in [3.05, 3.63) is 54.1 Å². The Bertz CT molecular complexity index is 835. The molecule has 0 heterocycles. The van der Waals surface area contributed by atoms with Crippen molar-refractivity contribution in [2.24, 2.45) is 0 Å². The number of nitrogens with one attached hydrogen (secondary N) is 1. The van der Waals surface area contributed by atoms with Crippen LogP contribution in [0.25, 0.3) is 6.08 Å². The van der Waals surface area contributed by atoms with Crippen molar-refractivity contribution in [2.45, 2.75) is 4.90 Å². The third-order valence-electron chi connectivity index (χ3n) is 3.56. The molecule has 0 aliphatic carbocycles. The lowest BCUT2D eigenvalue weighted by Gasteiger charge is -2.09. The van der Waals surface area contributed by atoms with Gasteiger partial charge in [0, 0.05) is 16.5 Å². The van der Waals surface area contributed by atoms with Crippen LogP contribution in [0.2, 0.25) is 0 Å². The molecule has 0 fully saturated rings. The van der Waals surface area contributed by atoms with E-state index in [9.17, 15) is 9.59 Å². The molecule has 0 bridgehead atoms. The van der Waals surface area contributed by atoms with E-state index in [1.54, 1.807) is 37.5 Å². The van der Waals surface area contributed by atoms with E-state index >= 15 is 0 Å². The molecule has 0 aliphatic heterocycles. The van der Waals surface area contributed by atoms with Crippen LogP contribution in [-0.2, 0) is 14.3 Å². The average molecular weight is 387 g/mol. The van der Waals surface area contributed by atoms with Crippen LogP contribution in [0.15, 0.2) is 53.4 Å². The Morgan fingerprint density at radius 3 is 2.59 bits per heavy atom. The molecule has 0 atom stereocenters. The van der Waals surface area contributed by atoms with E-state index in [-0.39, 0.29) is 6.61 Å². The highest BCUT2D eigenvalue weighted by molar-refractivity contribution is 7.98. The number of carbonyl (C=O) groups is 2. The first-order valence-corrected chi connectivity index (χ1v) is 9.29. The van der Waals surface area contributed by atoms with Gasteiger partial charge in [0.05, 0.1) is 19.9 Å². The molecule has 2 aromatic rings. The molecular weight excluding hydrogens is 366 g/mol. The first kappa shape index (κ1) is 20.4. The lowest BCUT2D eigenvalue weighted by molar-refractivity contribution is -0.142. The third kappa shape index (κ3) is 6.07. The van der Waals surface area contributed by atoms with Gasteiger partial charge in [-0.15, -0.1) is 11.8 Å². The lowest BCUT2D eigenvalue weighted by Crippen LogP contribution is -2.20. The Hall–Kier alpha value is -2.93. The van der Waals surface area contributed by atoms with Gasteiger partial charge in [0.1, 0.15) is 11.5 Å². The number of methoxy groups -OCH3 is 2. The maximum absolute atomic E-state index is 12.0. The number of hydrogen-bond donors (Lipinski definition) is 1. The van der Waals surface area contributed by atoms with Crippen LogP contribution < -0.4 is 14.8 Å². The van der Waals surface area contributed by atoms with E-state index in [0.717, 1.165) is 4.90 Å². The van der Waals surface area contributed by atoms with E-state index < -0.39 is 11.9 Å². The van der Waals surface area contributed by atoms with Gasteiger partial charge in [-0.1, -0.05) is 12.1 Å². The number of benzene rings is 2. The molecule has 2 aromatic carbocycles. The van der Waals surface area contributed by atoms with Gasteiger partial charge < -0.3 is 19.5 Å². The number of para-hydroxylation sites is 1. The zero-order valence-corrected chi connectivity index (χ0v) is 16.2. The van der Waals surface area contributed by atoms with Gasteiger partial charge >= 0.3 is 5.97 Å². The normalized spacial score (nSPS) is 10.5. The predicted molar refractivity (Wildman–Crippen MR) is 106 cm³/mol. The summed E-state index contributed by atoms with van der Waals surface area (Å²) in [5.41, 5.74) is 1.34. The van der Waals surface area contributed by atoms with Crippen molar-refractivity contribution in [3.63, 3.8) is 0 Å². The average Bonchev–Trinajstić information content (AvgIpc) is 2.70. The summed E-state index contributed by atoms with van der Waals surface area (Å²) in [5.74, 6) is 0.187. The smallest absolute Gasteiger partial charge is 0.331 e. The molecule has 0 unspecified atom stereocenters. The second-order valence-corrected chi connectivity index (χ2v) is 6.15. The highest BCUT2D eigenvalue weighted by atomic mass is 32.2. The first-order valence-electron chi connectivity index (χ1n) is 8.07. The van der Waals surface area contributed by atoms with Gasteiger partial charge in [0.25, 0.3) is 5.91 Å². The van der Waals surface area contributed by atoms with Crippen LogP contribution in [-0.4, -0.2) is 39.0 Å². The Morgan fingerprint density at radius 2 is 1.89 bits per heavy atom. The number of thioether (sulfide) groups is 1. The quantitative estimate of drug-likeness (QED) is 0.424. The molecule has 6 nitrogen and oxygen atoms in total. The standard InChI is InChI=1S/C20H21NO5S/c1-24-15-9-10-17(25-2)14(12-15)8-11-20(23)26-13-19(22)21-16-6-4-5-7-18(16)27-3/h4-12H,13H2,1-3H3,(H,21,22)/b11-8+. The number of esters is 1. The fourth-order valence-corrected chi connectivity index (χ4v) is 2.80. The van der Waals surface area contributed by atoms with Crippen molar-refractivity contribution < 1.29 is 23.8 Å². The van der Waals surface area contributed by atoms with Crippen LogP contribution in [0.1, 0.15) is 5.56 Å². The van der Waals surface area contributed by atoms with Crippen molar-refractivity contribution in [1.29, 1.82) is 0 Å². The minimum absolute atomic E-state index is 0.374. The lowest BCUT2D eigenvalue weighted by atomic mass is 10.1. The number of amides is 1. The minimum Gasteiger partial charge on any atom is -0.497 e. The van der Waals surface area contributed by atoms with Crippen LogP contribution in [0.5, 0.6) is 11.5 Å². The van der Waals surface area contributed by atoms with Crippen molar-refractivity contribution >= 4 is 35.4 Å². The number of anilines is 1. The molecule has 7 heteroatoms. The SMILES string of the molecule is COc1ccc(OC)c(/C=C/C(=O)OCC(=O)Nc2ccccc2SC)c1. The second-order valence-electron chi connectivity index (χ2n) is 5.30. The zero-order chi connectivity index (χ0) is 19.6. The van der Waals surface area contributed by atoms with Gasteiger partial charge in [-0.25, -0.2) is 4.79 Å². The minimum atomic E-state index is -0.631. The Balaban J connectivity index is 1.92. The van der Waals surface area contributed by atoms with E-state index in [1.165, 1.54) is 24.9 Å². The molecule has 0 radical (unpaired) electrons. The summed E-state index contributed by atoms with van der Waals surface area (Å²) in [4.78, 5) is 24.8. The third-order valence-corrected chi connectivity index (χ3v) is 4.36. The molecular formula is C20H21NO5S. The maximum atomic E-state index is 12.0. The topological polar surface area (TPSA) is 73.9 Å². The highest BCUT2D eigenvalue weighted by Crippen LogP contribution is 2.25. The van der Waals surface area contributed by atoms with Crippen LogP contribution in [0.4, 0.5) is 5.69 Å². The van der Waals surface area contributed by atoms with Crippen LogP contribution in [0, 0.1) is 0 Å². The highest BCUT2D eigenvalue weighted by Gasteiger charge is 2.09. The summed E-state index contributed by atoms with van der Waals surface area (Å²) in [6, 6.07) is 12.6. The molecule has 0 saturated heterocycles. The van der Waals surface area contributed by atoms with E-state index in [0.29, 0.717) is 22.7 Å². The van der Waals surface area contributed by atoms with Gasteiger partial charge in [-0.2, -0.15) is 0 Å². The molecule has 27 heavy (non-hydrogen) atoms. The Kier molecular flexibility index (Phi) is 7.76. The predicted octanol–water partition coefficient (Wildman–Crippen LogP) is 3.62. The van der Waals surface area contributed by atoms with Crippen LogP contribution in [0.3, 0.4) is 0 Å². The van der Waals surface area contributed by atoms with Gasteiger partial charge in [0.2, 0.25) is 0 Å². The van der Waals surface area contributed by atoms with Crippen molar-refractivity contribution in [2.75, 3.05) is 32.4 Å². The maximum Gasteiger partial charge on any atom is 0.331 e. The largest absolute Gasteiger partial charge is 0.497 e. The van der Waals surface area contributed by atoms with Crippen LogP contribution >= 0.6 is 11.8 Å². The van der Waals surface area contributed by atoms with Gasteiger partial charge in [-0.3, -0.25) is 4.79 Å². The Morgan fingerprint density at radius 1 is 1.11 bits per heavy atom. The van der Waals surface area contributed by atoms with Gasteiger partial charge in [-0.05, 0) is 42.7 Å². The number of rotatable bonds is 8. The fourth-order valence-electron chi connectivity index (χ4n) is 2.25. The first-order chi connectivity index (χ1) is 13.1. The number of ether oxygens (including phenoxy) is 3. The number of hydrogen-bond acceptors (Lipinski definition) is 6. The number of carbonyl (C=O) groups excluding carboxylic acids is 2. The van der Waals surface area contributed by atoms with E-state index in [1.807, 2.05) is 24.5 Å². The summed E-state index contributed by atoms with van der Waals surface area (Å²) in [7, 11) is 3.09. The summed E-state index contributed by atoms with van der Waals surface area (Å²) in [5, 5.41) is 2.73.